The van der Waals surface area contributed by atoms with Crippen molar-refractivity contribution in [3.63, 3.8) is 0 Å². The molecule has 11 heavy (non-hydrogen) atoms. The van der Waals surface area contributed by atoms with Gasteiger partial charge in [-0.05, 0) is 0 Å². The van der Waals surface area contributed by atoms with Gasteiger partial charge in [-0.3, -0.25) is 0 Å². The number of hydrogen-bond donors (Lipinski definition) is 1. The van der Waals surface area contributed by atoms with Crippen LogP contribution >= 0.6 is 0 Å². The Balaban J connectivity index is 3.43. The first-order chi connectivity index (χ1) is 5.20. The Labute approximate surface area is 64.9 Å². The minimum Gasteiger partial charge on any atom is -0.450 e. The number of carboxylic acid groups (broad SMARTS) is 1. The Morgan fingerprint density at radius 1 is 1.45 bits per heavy atom. The van der Waals surface area contributed by atoms with Gasteiger partial charge in [0.1, 0.15) is 12.7 Å². The van der Waals surface area contributed by atoms with Gasteiger partial charge >= 0.3 is 6.16 Å². The van der Waals surface area contributed by atoms with Crippen LogP contribution in [0.2, 0.25) is 0 Å². The van der Waals surface area contributed by atoms with Crippen molar-refractivity contribution in [2.75, 3.05) is 27.4 Å². The van der Waals surface area contributed by atoms with Crippen LogP contribution in [-0.2, 0) is 14.2 Å². The first-order valence-electron chi connectivity index (χ1n) is 3.08. The molecule has 5 heteroatoms. The second kappa shape index (κ2) is 5.94. The topological polar surface area (TPSA) is 65.0 Å². The van der Waals surface area contributed by atoms with Crippen molar-refractivity contribution in [2.24, 2.45) is 0 Å². The summed E-state index contributed by atoms with van der Waals surface area (Å²) in [6, 6.07) is 0. The fourth-order valence-electron chi connectivity index (χ4n) is 0.534. The average molecular weight is 164 g/mol. The van der Waals surface area contributed by atoms with Crippen LogP contribution in [0.3, 0.4) is 0 Å². The maximum atomic E-state index is 9.91. The van der Waals surface area contributed by atoms with E-state index in [1.807, 2.05) is 0 Å². The highest BCUT2D eigenvalue weighted by Crippen LogP contribution is 1.92. The fraction of sp³-hybridized carbons (Fsp3) is 0.833. The zero-order valence-corrected chi connectivity index (χ0v) is 6.57. The van der Waals surface area contributed by atoms with E-state index in [-0.39, 0.29) is 12.7 Å². The fourth-order valence-corrected chi connectivity index (χ4v) is 0.534. The second-order valence-corrected chi connectivity index (χ2v) is 1.89. The lowest BCUT2D eigenvalue weighted by Gasteiger charge is -2.12. The summed E-state index contributed by atoms with van der Waals surface area (Å²) >= 11 is 0. The Bertz CT molecular complexity index is 114. The van der Waals surface area contributed by atoms with Gasteiger partial charge in [0.25, 0.3) is 0 Å². The van der Waals surface area contributed by atoms with Crippen LogP contribution < -0.4 is 0 Å². The Hall–Kier alpha value is -0.810. The lowest BCUT2D eigenvalue weighted by atomic mass is 10.4. The maximum absolute atomic E-state index is 9.91. The molecule has 0 rings (SSSR count). The van der Waals surface area contributed by atoms with Crippen LogP contribution in [0.1, 0.15) is 0 Å². The molecular formula is C6H12O5. The normalized spacial score (nSPS) is 12.5. The van der Waals surface area contributed by atoms with Crippen LogP contribution in [0, 0.1) is 0 Å². The third-order valence-electron chi connectivity index (χ3n) is 1.08. The Morgan fingerprint density at radius 3 is 2.45 bits per heavy atom. The quantitative estimate of drug-likeness (QED) is 0.593. The minimum absolute atomic E-state index is 0.000324. The molecule has 1 N–H and O–H groups in total. The molecule has 0 saturated carbocycles. The summed E-state index contributed by atoms with van der Waals surface area (Å²) in [7, 11) is 2.97. The molecule has 0 aromatic heterocycles. The van der Waals surface area contributed by atoms with Gasteiger partial charge in [0.2, 0.25) is 0 Å². The summed E-state index contributed by atoms with van der Waals surface area (Å²) in [5.74, 6) is 0. The summed E-state index contributed by atoms with van der Waals surface area (Å²) in [4.78, 5) is 9.91. The molecule has 0 aromatic carbocycles. The molecule has 66 valence electrons. The number of hydrogen-bond acceptors (Lipinski definition) is 4. The summed E-state index contributed by atoms with van der Waals surface area (Å²) < 4.78 is 13.8. The molecule has 1 unspecified atom stereocenters. The molecule has 1 atom stereocenters. The van der Waals surface area contributed by atoms with E-state index in [1.54, 1.807) is 0 Å². The van der Waals surface area contributed by atoms with Crippen LogP contribution in [0.15, 0.2) is 0 Å². The Kier molecular flexibility index (Phi) is 5.50. The van der Waals surface area contributed by atoms with E-state index < -0.39 is 6.16 Å². The highest BCUT2D eigenvalue weighted by atomic mass is 16.7. The summed E-state index contributed by atoms with van der Waals surface area (Å²) in [6.07, 6.45) is -1.63. The predicted octanol–water partition coefficient (Wildman–Crippen LogP) is 0.342. The number of methoxy groups -OCH3 is 2. The summed E-state index contributed by atoms with van der Waals surface area (Å²) in [5, 5.41) is 8.11. The van der Waals surface area contributed by atoms with Crippen LogP contribution in [0.5, 0.6) is 0 Å². The largest absolute Gasteiger partial charge is 0.505 e. The number of ether oxygens (including phenoxy) is 3. The van der Waals surface area contributed by atoms with Crippen molar-refractivity contribution in [3.05, 3.63) is 0 Å². The van der Waals surface area contributed by atoms with Crippen molar-refractivity contribution in [1.29, 1.82) is 0 Å². The third-order valence-corrected chi connectivity index (χ3v) is 1.08. The molecule has 0 aliphatic heterocycles. The van der Waals surface area contributed by atoms with E-state index in [0.717, 1.165) is 0 Å². The molecule has 0 spiro atoms. The van der Waals surface area contributed by atoms with Crippen molar-refractivity contribution < 1.29 is 24.1 Å². The van der Waals surface area contributed by atoms with E-state index in [9.17, 15) is 4.79 Å². The van der Waals surface area contributed by atoms with Crippen molar-refractivity contribution >= 4 is 6.16 Å². The van der Waals surface area contributed by atoms with Gasteiger partial charge in [0, 0.05) is 14.2 Å². The van der Waals surface area contributed by atoms with Gasteiger partial charge in [0.05, 0.1) is 6.61 Å². The zero-order chi connectivity index (χ0) is 8.69. The maximum Gasteiger partial charge on any atom is 0.505 e. The monoisotopic (exact) mass is 164 g/mol. The van der Waals surface area contributed by atoms with Crippen LogP contribution in [0.4, 0.5) is 4.79 Å². The van der Waals surface area contributed by atoms with E-state index in [2.05, 4.69) is 4.74 Å². The molecular weight excluding hydrogens is 152 g/mol. The minimum atomic E-state index is -1.30. The van der Waals surface area contributed by atoms with Crippen LogP contribution in [0.25, 0.3) is 0 Å². The second-order valence-electron chi connectivity index (χ2n) is 1.89. The number of rotatable bonds is 5. The van der Waals surface area contributed by atoms with Gasteiger partial charge < -0.3 is 19.3 Å². The Morgan fingerprint density at radius 2 is 2.09 bits per heavy atom. The number of carbonyl (C=O) groups is 1. The first kappa shape index (κ1) is 10.2. The molecule has 0 saturated heterocycles. The highest BCUT2D eigenvalue weighted by molar-refractivity contribution is 5.56. The lowest BCUT2D eigenvalue weighted by Crippen LogP contribution is -2.24. The average Bonchev–Trinajstić information content (AvgIpc) is 1.97. The summed E-state index contributed by atoms with van der Waals surface area (Å²) in [6.45, 7) is 0.323. The first-order valence-corrected chi connectivity index (χ1v) is 3.08. The third kappa shape index (κ3) is 5.63. The molecule has 0 heterocycles. The lowest BCUT2D eigenvalue weighted by molar-refractivity contribution is -0.0208. The predicted molar refractivity (Wildman–Crippen MR) is 36.6 cm³/mol. The highest BCUT2D eigenvalue weighted by Gasteiger charge is 2.08. The van der Waals surface area contributed by atoms with Crippen molar-refractivity contribution in [3.8, 4) is 0 Å². The summed E-state index contributed by atoms with van der Waals surface area (Å²) in [5.41, 5.74) is 0. The zero-order valence-electron chi connectivity index (χ0n) is 6.57. The SMILES string of the molecule is COCC(COC(=O)O)OC. The molecule has 0 radical (unpaired) electrons. The van der Waals surface area contributed by atoms with Crippen LogP contribution in [-0.4, -0.2) is 44.8 Å². The van der Waals surface area contributed by atoms with Gasteiger partial charge in [-0.15, -0.1) is 0 Å². The van der Waals surface area contributed by atoms with E-state index in [0.29, 0.717) is 6.61 Å². The molecule has 0 aliphatic carbocycles. The van der Waals surface area contributed by atoms with Gasteiger partial charge in [-0.1, -0.05) is 0 Å². The standard InChI is InChI=1S/C6H12O5/c1-9-3-5(10-2)4-11-6(7)8/h5H,3-4H2,1-2H3,(H,7,8). The smallest absolute Gasteiger partial charge is 0.450 e. The van der Waals surface area contributed by atoms with E-state index in [4.69, 9.17) is 14.6 Å². The molecule has 0 amide bonds. The molecule has 0 aliphatic rings. The molecule has 0 aromatic rings. The molecule has 5 nitrogen and oxygen atoms in total. The van der Waals surface area contributed by atoms with Gasteiger partial charge in [-0.2, -0.15) is 0 Å². The molecule has 0 bridgehead atoms. The van der Waals surface area contributed by atoms with Crippen molar-refractivity contribution in [2.45, 2.75) is 6.10 Å². The van der Waals surface area contributed by atoms with E-state index >= 15 is 0 Å². The molecule has 0 fully saturated rings. The van der Waals surface area contributed by atoms with E-state index in [1.165, 1.54) is 14.2 Å². The van der Waals surface area contributed by atoms with Crippen molar-refractivity contribution in [1.82, 2.24) is 0 Å². The van der Waals surface area contributed by atoms with Gasteiger partial charge in [0.15, 0.2) is 0 Å². The van der Waals surface area contributed by atoms with Gasteiger partial charge in [-0.25, -0.2) is 4.79 Å².